The van der Waals surface area contributed by atoms with Crippen molar-refractivity contribution in [2.75, 3.05) is 13.6 Å². The number of hydrogen-bond donors (Lipinski definition) is 2. The maximum atomic E-state index is 12.1. The molecule has 1 rings (SSSR count). The molecule has 0 fully saturated rings. The van der Waals surface area contributed by atoms with Crippen molar-refractivity contribution in [1.82, 2.24) is 10.2 Å². The Hall–Kier alpha value is -1.55. The van der Waals surface area contributed by atoms with E-state index < -0.39 is 0 Å². The molecule has 0 saturated carbocycles. The maximum Gasteiger partial charge on any atom is 0.317 e. The molecule has 4 nitrogen and oxygen atoms in total. The van der Waals surface area contributed by atoms with E-state index in [-0.39, 0.29) is 18.2 Å². The van der Waals surface area contributed by atoms with Gasteiger partial charge in [-0.2, -0.15) is 0 Å². The van der Waals surface area contributed by atoms with Crippen LogP contribution in [0.2, 0.25) is 0 Å². The molecule has 0 spiro atoms. The first-order chi connectivity index (χ1) is 10.3. The van der Waals surface area contributed by atoms with Crippen molar-refractivity contribution in [2.24, 2.45) is 5.92 Å². The van der Waals surface area contributed by atoms with Gasteiger partial charge in [0.05, 0.1) is 12.1 Å². The Bertz CT molecular complexity index is 455. The molecular formula is C18H30N2O2. The van der Waals surface area contributed by atoms with E-state index in [4.69, 9.17) is 0 Å². The zero-order chi connectivity index (χ0) is 16.7. The minimum Gasteiger partial charge on any atom is -0.393 e. The van der Waals surface area contributed by atoms with Gasteiger partial charge < -0.3 is 15.3 Å². The number of hydrogen-bond acceptors (Lipinski definition) is 2. The molecule has 0 heterocycles. The minimum absolute atomic E-state index is 0.0328. The third-order valence-electron chi connectivity index (χ3n) is 3.69. The SMILES string of the molecule is CC(C)Cc1ccc(C(C)NC(=O)N(C)CCC(C)O)cc1. The highest BCUT2D eigenvalue weighted by atomic mass is 16.3. The molecule has 0 aliphatic heterocycles. The summed E-state index contributed by atoms with van der Waals surface area (Å²) >= 11 is 0. The number of aliphatic hydroxyl groups excluding tert-OH is 1. The Balaban J connectivity index is 2.53. The third kappa shape index (κ3) is 6.48. The summed E-state index contributed by atoms with van der Waals surface area (Å²) in [6, 6.07) is 8.29. The molecule has 0 aliphatic rings. The summed E-state index contributed by atoms with van der Waals surface area (Å²) < 4.78 is 0. The molecule has 0 saturated heterocycles. The van der Waals surface area contributed by atoms with Crippen LogP contribution in [0, 0.1) is 5.92 Å². The van der Waals surface area contributed by atoms with Crippen LogP contribution >= 0.6 is 0 Å². The zero-order valence-corrected chi connectivity index (χ0v) is 14.5. The molecule has 1 aromatic rings. The second-order valence-electron chi connectivity index (χ2n) is 6.57. The average Bonchev–Trinajstić information content (AvgIpc) is 2.44. The van der Waals surface area contributed by atoms with Gasteiger partial charge in [0.1, 0.15) is 0 Å². The third-order valence-corrected chi connectivity index (χ3v) is 3.69. The Morgan fingerprint density at radius 2 is 1.77 bits per heavy atom. The number of urea groups is 1. The van der Waals surface area contributed by atoms with E-state index in [1.807, 2.05) is 6.92 Å². The molecule has 0 bridgehead atoms. The summed E-state index contributed by atoms with van der Waals surface area (Å²) in [5.41, 5.74) is 2.43. The number of rotatable bonds is 7. The van der Waals surface area contributed by atoms with Gasteiger partial charge in [-0.05, 0) is 43.7 Å². The molecule has 0 radical (unpaired) electrons. The van der Waals surface area contributed by atoms with Gasteiger partial charge in [0, 0.05) is 13.6 Å². The standard InChI is InChI=1S/C18H30N2O2/c1-13(2)12-16-6-8-17(9-7-16)15(4)19-18(22)20(5)11-10-14(3)21/h6-9,13-15,21H,10-12H2,1-5H3,(H,19,22). The van der Waals surface area contributed by atoms with Gasteiger partial charge in [0.2, 0.25) is 0 Å². The van der Waals surface area contributed by atoms with Crippen LogP contribution in [-0.2, 0) is 6.42 Å². The Kier molecular flexibility index (Phi) is 7.39. The van der Waals surface area contributed by atoms with Crippen molar-refractivity contribution in [2.45, 2.75) is 52.7 Å². The van der Waals surface area contributed by atoms with Crippen LogP contribution in [0.1, 0.15) is 51.3 Å². The maximum absolute atomic E-state index is 12.1. The lowest BCUT2D eigenvalue weighted by Crippen LogP contribution is -2.39. The van der Waals surface area contributed by atoms with Crippen LogP contribution in [0.3, 0.4) is 0 Å². The van der Waals surface area contributed by atoms with Crippen LogP contribution in [-0.4, -0.2) is 35.7 Å². The summed E-state index contributed by atoms with van der Waals surface area (Å²) in [5, 5.41) is 12.3. The van der Waals surface area contributed by atoms with Crippen molar-refractivity contribution in [3.05, 3.63) is 35.4 Å². The predicted octanol–water partition coefficient (Wildman–Crippen LogP) is 3.36. The smallest absolute Gasteiger partial charge is 0.317 e. The van der Waals surface area contributed by atoms with Crippen LogP contribution in [0.5, 0.6) is 0 Å². The predicted molar refractivity (Wildman–Crippen MR) is 90.9 cm³/mol. The first kappa shape index (κ1) is 18.5. The van der Waals surface area contributed by atoms with E-state index in [1.54, 1.807) is 18.9 Å². The first-order valence-electron chi connectivity index (χ1n) is 8.08. The zero-order valence-electron chi connectivity index (χ0n) is 14.5. The average molecular weight is 306 g/mol. The highest BCUT2D eigenvalue weighted by Crippen LogP contribution is 2.15. The quantitative estimate of drug-likeness (QED) is 0.811. The van der Waals surface area contributed by atoms with Crippen molar-refractivity contribution in [3.8, 4) is 0 Å². The van der Waals surface area contributed by atoms with E-state index in [1.165, 1.54) is 5.56 Å². The second-order valence-corrected chi connectivity index (χ2v) is 6.57. The molecular weight excluding hydrogens is 276 g/mol. The second kappa shape index (κ2) is 8.79. The Morgan fingerprint density at radius 3 is 2.27 bits per heavy atom. The summed E-state index contributed by atoms with van der Waals surface area (Å²) in [6.07, 6.45) is 1.27. The number of benzene rings is 1. The van der Waals surface area contributed by atoms with Gasteiger partial charge in [-0.3, -0.25) is 0 Å². The molecule has 2 N–H and O–H groups in total. The fraction of sp³-hybridized carbons (Fsp3) is 0.611. The van der Waals surface area contributed by atoms with Gasteiger partial charge >= 0.3 is 6.03 Å². The largest absolute Gasteiger partial charge is 0.393 e. The van der Waals surface area contributed by atoms with E-state index in [9.17, 15) is 9.90 Å². The fourth-order valence-electron chi connectivity index (χ4n) is 2.27. The van der Waals surface area contributed by atoms with Crippen molar-refractivity contribution in [3.63, 3.8) is 0 Å². The summed E-state index contributed by atoms with van der Waals surface area (Å²) in [7, 11) is 1.75. The summed E-state index contributed by atoms with van der Waals surface area (Å²) in [6.45, 7) is 8.67. The van der Waals surface area contributed by atoms with Crippen LogP contribution < -0.4 is 5.32 Å². The lowest BCUT2D eigenvalue weighted by molar-refractivity contribution is 0.162. The summed E-state index contributed by atoms with van der Waals surface area (Å²) in [4.78, 5) is 13.7. The number of nitrogens with zero attached hydrogens (tertiary/aromatic N) is 1. The number of carbonyl (C=O) groups excluding carboxylic acids is 1. The Morgan fingerprint density at radius 1 is 1.18 bits per heavy atom. The van der Waals surface area contributed by atoms with Gasteiger partial charge in [0.15, 0.2) is 0 Å². The van der Waals surface area contributed by atoms with Gasteiger partial charge in [-0.1, -0.05) is 38.1 Å². The molecule has 2 amide bonds. The monoisotopic (exact) mass is 306 g/mol. The first-order valence-corrected chi connectivity index (χ1v) is 8.08. The molecule has 2 atom stereocenters. The van der Waals surface area contributed by atoms with Crippen molar-refractivity contribution >= 4 is 6.03 Å². The van der Waals surface area contributed by atoms with E-state index in [2.05, 4.69) is 43.4 Å². The number of carbonyl (C=O) groups is 1. The number of aliphatic hydroxyl groups is 1. The summed E-state index contributed by atoms with van der Waals surface area (Å²) in [5.74, 6) is 0.644. The molecule has 2 unspecified atom stereocenters. The minimum atomic E-state index is -0.388. The van der Waals surface area contributed by atoms with Gasteiger partial charge in [-0.15, -0.1) is 0 Å². The van der Waals surface area contributed by atoms with Crippen molar-refractivity contribution in [1.29, 1.82) is 0 Å². The van der Waals surface area contributed by atoms with E-state index in [0.29, 0.717) is 18.9 Å². The molecule has 1 aromatic carbocycles. The van der Waals surface area contributed by atoms with Crippen molar-refractivity contribution < 1.29 is 9.90 Å². The number of nitrogens with one attached hydrogen (secondary N) is 1. The molecule has 0 aromatic heterocycles. The highest BCUT2D eigenvalue weighted by Gasteiger charge is 2.13. The molecule has 4 heteroatoms. The lowest BCUT2D eigenvalue weighted by Gasteiger charge is -2.22. The van der Waals surface area contributed by atoms with Crippen LogP contribution in [0.25, 0.3) is 0 Å². The normalized spacial score (nSPS) is 13.8. The lowest BCUT2D eigenvalue weighted by atomic mass is 10.00. The van der Waals surface area contributed by atoms with Gasteiger partial charge in [-0.25, -0.2) is 4.79 Å². The molecule has 22 heavy (non-hydrogen) atoms. The fourth-order valence-corrected chi connectivity index (χ4v) is 2.27. The highest BCUT2D eigenvalue weighted by molar-refractivity contribution is 5.74. The van der Waals surface area contributed by atoms with Crippen LogP contribution in [0.4, 0.5) is 4.79 Å². The van der Waals surface area contributed by atoms with Gasteiger partial charge in [0.25, 0.3) is 0 Å². The number of amides is 2. The van der Waals surface area contributed by atoms with E-state index >= 15 is 0 Å². The van der Waals surface area contributed by atoms with E-state index in [0.717, 1.165) is 12.0 Å². The molecule has 124 valence electrons. The van der Waals surface area contributed by atoms with Crippen LogP contribution in [0.15, 0.2) is 24.3 Å². The Labute approximate surface area is 134 Å². The molecule has 0 aliphatic carbocycles. The topological polar surface area (TPSA) is 52.6 Å².